The lowest BCUT2D eigenvalue weighted by Crippen LogP contribution is -2.25. The van der Waals surface area contributed by atoms with Crippen LogP contribution in [-0.2, 0) is 19.4 Å². The van der Waals surface area contributed by atoms with E-state index in [4.69, 9.17) is 10.8 Å². The zero-order valence-corrected chi connectivity index (χ0v) is 12.2. The van der Waals surface area contributed by atoms with Gasteiger partial charge < -0.3 is 5.73 Å². The minimum absolute atomic E-state index is 0.0658. The van der Waals surface area contributed by atoms with E-state index in [0.717, 1.165) is 25.1 Å². The lowest BCUT2D eigenvalue weighted by Gasteiger charge is -2.10. The van der Waals surface area contributed by atoms with E-state index in [-0.39, 0.29) is 6.04 Å². The molecular weight excluding hydrogens is 260 g/mol. The summed E-state index contributed by atoms with van der Waals surface area (Å²) in [6.45, 7) is 2.99. The Morgan fingerprint density at radius 1 is 1.10 bits per heavy atom. The van der Waals surface area contributed by atoms with E-state index >= 15 is 0 Å². The number of aromatic nitrogens is 3. The van der Waals surface area contributed by atoms with Crippen molar-refractivity contribution in [2.75, 3.05) is 0 Å². The van der Waals surface area contributed by atoms with Gasteiger partial charge in [-0.15, -0.1) is 0 Å². The molecule has 21 heavy (non-hydrogen) atoms. The van der Waals surface area contributed by atoms with Crippen molar-refractivity contribution < 1.29 is 0 Å². The molecule has 3 aromatic rings. The highest BCUT2D eigenvalue weighted by Crippen LogP contribution is 2.20. The first-order valence-electron chi connectivity index (χ1n) is 7.37. The van der Waals surface area contributed by atoms with Gasteiger partial charge in [-0.25, -0.2) is 0 Å². The van der Waals surface area contributed by atoms with Crippen LogP contribution in [0, 0.1) is 0 Å². The Labute approximate surface area is 124 Å². The third-order valence-electron chi connectivity index (χ3n) is 3.74. The third-order valence-corrected chi connectivity index (χ3v) is 3.74. The zero-order valence-electron chi connectivity index (χ0n) is 12.2. The van der Waals surface area contributed by atoms with Gasteiger partial charge in [0.2, 0.25) is 0 Å². The Morgan fingerprint density at radius 2 is 1.86 bits per heavy atom. The van der Waals surface area contributed by atoms with Crippen LogP contribution in [-0.4, -0.2) is 20.8 Å². The molecule has 4 heteroatoms. The van der Waals surface area contributed by atoms with Crippen molar-refractivity contribution in [2.45, 2.75) is 32.4 Å². The molecule has 0 radical (unpaired) electrons. The predicted molar refractivity (Wildman–Crippen MR) is 85.0 cm³/mol. The maximum Gasteiger partial charge on any atom is 0.0718 e. The zero-order chi connectivity index (χ0) is 14.7. The summed E-state index contributed by atoms with van der Waals surface area (Å²) in [6.07, 6.45) is 5.25. The van der Waals surface area contributed by atoms with Crippen LogP contribution in [0.25, 0.3) is 10.9 Å². The molecule has 0 aliphatic heterocycles. The van der Waals surface area contributed by atoms with Crippen molar-refractivity contribution in [1.29, 1.82) is 0 Å². The molecular formula is C17H20N4. The normalized spacial score (nSPS) is 12.7. The van der Waals surface area contributed by atoms with Gasteiger partial charge in [0, 0.05) is 36.8 Å². The summed E-state index contributed by atoms with van der Waals surface area (Å²) >= 11 is 0. The minimum Gasteiger partial charge on any atom is -0.327 e. The highest BCUT2D eigenvalue weighted by Gasteiger charge is 2.13. The molecule has 1 atom stereocenters. The molecule has 3 rings (SSSR count). The molecule has 0 spiro atoms. The summed E-state index contributed by atoms with van der Waals surface area (Å²) in [5, 5.41) is 5.93. The molecule has 1 unspecified atom stereocenters. The van der Waals surface area contributed by atoms with Gasteiger partial charge >= 0.3 is 0 Å². The smallest absolute Gasteiger partial charge is 0.0718 e. The molecule has 0 saturated heterocycles. The summed E-state index contributed by atoms with van der Waals surface area (Å²) in [7, 11) is 0. The van der Waals surface area contributed by atoms with Crippen molar-refractivity contribution in [3.05, 3.63) is 60.0 Å². The van der Waals surface area contributed by atoms with Crippen molar-refractivity contribution in [3.63, 3.8) is 0 Å². The summed E-state index contributed by atoms with van der Waals surface area (Å²) in [4.78, 5) is 4.04. The number of pyridine rings is 1. The summed E-state index contributed by atoms with van der Waals surface area (Å²) in [5.41, 5.74) is 9.81. The van der Waals surface area contributed by atoms with E-state index < -0.39 is 0 Å². The van der Waals surface area contributed by atoms with E-state index in [0.29, 0.717) is 0 Å². The fourth-order valence-corrected chi connectivity index (χ4v) is 2.73. The van der Waals surface area contributed by atoms with Gasteiger partial charge in [-0.3, -0.25) is 9.67 Å². The van der Waals surface area contributed by atoms with Gasteiger partial charge in [-0.05, 0) is 37.1 Å². The molecule has 2 N–H and O–H groups in total. The van der Waals surface area contributed by atoms with E-state index in [1.54, 1.807) is 0 Å². The SMILES string of the molecule is CCn1nc(CC(N)Cc2ccncc2)c2ccccc21. The minimum atomic E-state index is 0.0658. The maximum absolute atomic E-state index is 6.31. The average Bonchev–Trinajstić information content (AvgIpc) is 2.86. The number of nitrogens with zero attached hydrogens (tertiary/aromatic N) is 3. The number of benzene rings is 1. The molecule has 0 saturated carbocycles. The largest absolute Gasteiger partial charge is 0.327 e. The Balaban J connectivity index is 1.81. The van der Waals surface area contributed by atoms with Gasteiger partial charge in [0.1, 0.15) is 0 Å². The number of fused-ring (bicyclic) bond motifs is 1. The Kier molecular flexibility index (Phi) is 3.97. The molecule has 4 nitrogen and oxygen atoms in total. The summed E-state index contributed by atoms with van der Waals surface area (Å²) in [5.74, 6) is 0. The summed E-state index contributed by atoms with van der Waals surface area (Å²) < 4.78 is 2.05. The standard InChI is InChI=1S/C17H20N4/c1-2-21-17-6-4-3-5-15(17)16(20-21)12-14(18)11-13-7-9-19-10-8-13/h3-10,14H,2,11-12,18H2,1H3. The highest BCUT2D eigenvalue weighted by molar-refractivity contribution is 5.82. The predicted octanol–water partition coefficient (Wildman–Crippen LogP) is 2.56. The van der Waals surface area contributed by atoms with Crippen molar-refractivity contribution >= 4 is 10.9 Å². The van der Waals surface area contributed by atoms with Crippen LogP contribution in [0.15, 0.2) is 48.8 Å². The number of hydrogen-bond acceptors (Lipinski definition) is 3. The van der Waals surface area contributed by atoms with E-state index in [1.165, 1.54) is 16.5 Å². The molecule has 0 aliphatic rings. The van der Waals surface area contributed by atoms with Crippen LogP contribution in [0.1, 0.15) is 18.2 Å². The van der Waals surface area contributed by atoms with Crippen LogP contribution in [0.2, 0.25) is 0 Å². The number of aryl methyl sites for hydroxylation is 1. The van der Waals surface area contributed by atoms with Crippen LogP contribution in [0.3, 0.4) is 0 Å². The Hall–Kier alpha value is -2.20. The Bertz CT molecular complexity index is 718. The first-order valence-corrected chi connectivity index (χ1v) is 7.37. The number of hydrogen-bond donors (Lipinski definition) is 1. The molecule has 108 valence electrons. The Morgan fingerprint density at radius 3 is 2.62 bits per heavy atom. The lowest BCUT2D eigenvalue weighted by molar-refractivity contribution is 0.621. The second-order valence-corrected chi connectivity index (χ2v) is 5.30. The number of para-hydroxylation sites is 1. The van der Waals surface area contributed by atoms with Crippen molar-refractivity contribution in [1.82, 2.24) is 14.8 Å². The van der Waals surface area contributed by atoms with Crippen molar-refractivity contribution in [2.24, 2.45) is 5.73 Å². The highest BCUT2D eigenvalue weighted by atomic mass is 15.3. The van der Waals surface area contributed by atoms with E-state index in [9.17, 15) is 0 Å². The molecule has 0 bridgehead atoms. The second-order valence-electron chi connectivity index (χ2n) is 5.30. The first kappa shape index (κ1) is 13.8. The topological polar surface area (TPSA) is 56.7 Å². The van der Waals surface area contributed by atoms with Gasteiger partial charge in [0.15, 0.2) is 0 Å². The number of nitrogens with two attached hydrogens (primary N) is 1. The van der Waals surface area contributed by atoms with Crippen LogP contribution >= 0.6 is 0 Å². The van der Waals surface area contributed by atoms with Crippen LogP contribution in [0.5, 0.6) is 0 Å². The molecule has 0 aliphatic carbocycles. The second kappa shape index (κ2) is 6.06. The first-order chi connectivity index (χ1) is 10.3. The monoisotopic (exact) mass is 280 g/mol. The molecule has 2 aromatic heterocycles. The van der Waals surface area contributed by atoms with Gasteiger partial charge in [-0.1, -0.05) is 18.2 Å². The average molecular weight is 280 g/mol. The third kappa shape index (κ3) is 2.95. The molecule has 0 fully saturated rings. The fraction of sp³-hybridized carbons (Fsp3) is 0.294. The molecule has 1 aromatic carbocycles. The van der Waals surface area contributed by atoms with E-state index in [1.807, 2.05) is 29.2 Å². The van der Waals surface area contributed by atoms with E-state index in [2.05, 4.69) is 36.2 Å². The molecule has 2 heterocycles. The van der Waals surface area contributed by atoms with Gasteiger partial charge in [-0.2, -0.15) is 5.10 Å². The number of rotatable bonds is 5. The fourth-order valence-electron chi connectivity index (χ4n) is 2.73. The van der Waals surface area contributed by atoms with Gasteiger partial charge in [0.25, 0.3) is 0 Å². The maximum atomic E-state index is 6.31. The molecule has 0 amide bonds. The lowest BCUT2D eigenvalue weighted by atomic mass is 10.0. The van der Waals surface area contributed by atoms with Crippen molar-refractivity contribution in [3.8, 4) is 0 Å². The van der Waals surface area contributed by atoms with Gasteiger partial charge in [0.05, 0.1) is 11.2 Å². The summed E-state index contributed by atoms with van der Waals surface area (Å²) in [6, 6.07) is 12.5. The van der Waals surface area contributed by atoms with Crippen LogP contribution in [0.4, 0.5) is 0 Å². The van der Waals surface area contributed by atoms with Crippen LogP contribution < -0.4 is 5.73 Å². The quantitative estimate of drug-likeness (QED) is 0.781.